The predicted molar refractivity (Wildman–Crippen MR) is 113 cm³/mol. The number of carbonyl (C=O) groups excluding carboxylic acids is 1. The Morgan fingerprint density at radius 3 is 2.53 bits per heavy atom. The lowest BCUT2D eigenvalue weighted by Crippen LogP contribution is -2.40. The Kier molecular flexibility index (Phi) is 6.96. The normalized spacial score (nSPS) is 14.1. The smallest absolute Gasteiger partial charge is 0.261 e. The zero-order valence-corrected chi connectivity index (χ0v) is 17.5. The van der Waals surface area contributed by atoms with Gasteiger partial charge in [-0.25, -0.2) is 8.42 Å². The lowest BCUT2D eigenvalue weighted by atomic mass is 10.1. The molecule has 1 aliphatic heterocycles. The molecule has 0 aliphatic carbocycles. The molecule has 0 spiro atoms. The van der Waals surface area contributed by atoms with Gasteiger partial charge in [-0.2, -0.15) is 0 Å². The maximum Gasteiger partial charge on any atom is 0.261 e. The second kappa shape index (κ2) is 9.64. The summed E-state index contributed by atoms with van der Waals surface area (Å²) in [6.45, 7) is 5.71. The summed E-state index contributed by atoms with van der Waals surface area (Å²) in [5, 5.41) is 0. The molecule has 3 rings (SSSR count). The van der Waals surface area contributed by atoms with Crippen molar-refractivity contribution in [3.8, 4) is 11.5 Å². The number of sulfonamides is 1. The third-order valence-corrected chi connectivity index (χ3v) is 5.86. The molecule has 0 unspecified atom stereocenters. The standard InChI is InChI=1S/C21H24N2O6S/c1-3-12-29-17-6-4-16(5-7-17)22-30(25,26)18-8-9-20(27-2)19(15-18)21(24)23-10-13-28-14-11-23/h3-9,15,22H,1,10-14H2,2H3. The minimum Gasteiger partial charge on any atom is -0.496 e. The van der Waals surface area contributed by atoms with Crippen LogP contribution in [-0.2, 0) is 14.8 Å². The number of hydrogen-bond acceptors (Lipinski definition) is 6. The highest BCUT2D eigenvalue weighted by molar-refractivity contribution is 7.92. The molecule has 8 nitrogen and oxygen atoms in total. The molecule has 30 heavy (non-hydrogen) atoms. The van der Waals surface area contributed by atoms with Crippen molar-refractivity contribution in [1.82, 2.24) is 4.90 Å². The van der Waals surface area contributed by atoms with Crippen molar-refractivity contribution in [1.29, 1.82) is 0 Å². The summed E-state index contributed by atoms with van der Waals surface area (Å²) in [4.78, 5) is 14.5. The van der Waals surface area contributed by atoms with Gasteiger partial charge in [0.05, 0.1) is 30.8 Å². The molecule has 0 radical (unpaired) electrons. The summed E-state index contributed by atoms with van der Waals surface area (Å²) in [5.74, 6) is 0.616. The average Bonchev–Trinajstić information content (AvgIpc) is 2.78. The van der Waals surface area contributed by atoms with E-state index >= 15 is 0 Å². The van der Waals surface area contributed by atoms with Crippen LogP contribution in [-0.4, -0.2) is 59.2 Å². The molecule has 2 aromatic carbocycles. The molecule has 160 valence electrons. The SMILES string of the molecule is C=CCOc1ccc(NS(=O)(=O)c2ccc(OC)c(C(=O)N3CCOCC3)c2)cc1. The van der Waals surface area contributed by atoms with Crippen LogP contribution in [0.5, 0.6) is 11.5 Å². The number of anilines is 1. The third-order valence-electron chi connectivity index (χ3n) is 4.48. The van der Waals surface area contributed by atoms with Gasteiger partial charge in [-0.1, -0.05) is 12.7 Å². The van der Waals surface area contributed by atoms with E-state index in [0.29, 0.717) is 50.1 Å². The van der Waals surface area contributed by atoms with E-state index < -0.39 is 10.0 Å². The van der Waals surface area contributed by atoms with E-state index in [-0.39, 0.29) is 16.4 Å². The molecular formula is C21H24N2O6S. The molecule has 1 amide bonds. The van der Waals surface area contributed by atoms with E-state index in [1.54, 1.807) is 35.2 Å². The maximum absolute atomic E-state index is 12.9. The van der Waals surface area contributed by atoms with Crippen LogP contribution in [0.1, 0.15) is 10.4 Å². The molecule has 0 bridgehead atoms. The summed E-state index contributed by atoms with van der Waals surface area (Å²) in [5.41, 5.74) is 0.563. The number of morpholine rings is 1. The molecule has 1 N–H and O–H groups in total. The molecule has 2 aromatic rings. The number of rotatable bonds is 8. The maximum atomic E-state index is 12.9. The van der Waals surface area contributed by atoms with Crippen molar-refractivity contribution in [3.05, 3.63) is 60.7 Å². The minimum atomic E-state index is -3.91. The summed E-state index contributed by atoms with van der Waals surface area (Å²) in [6, 6.07) is 10.7. The van der Waals surface area contributed by atoms with Gasteiger partial charge in [-0.05, 0) is 42.5 Å². The van der Waals surface area contributed by atoms with Gasteiger partial charge in [0.25, 0.3) is 15.9 Å². The van der Waals surface area contributed by atoms with Crippen LogP contribution < -0.4 is 14.2 Å². The van der Waals surface area contributed by atoms with Crippen LogP contribution >= 0.6 is 0 Å². The predicted octanol–water partition coefficient (Wildman–Crippen LogP) is 2.53. The Hall–Kier alpha value is -3.04. The molecule has 1 aliphatic rings. The molecule has 9 heteroatoms. The van der Waals surface area contributed by atoms with Crippen molar-refractivity contribution in [2.45, 2.75) is 4.90 Å². The number of carbonyl (C=O) groups is 1. The first-order valence-corrected chi connectivity index (χ1v) is 10.8. The first-order valence-electron chi connectivity index (χ1n) is 9.36. The van der Waals surface area contributed by atoms with Gasteiger partial charge in [0.1, 0.15) is 18.1 Å². The van der Waals surface area contributed by atoms with Crippen LogP contribution in [0.25, 0.3) is 0 Å². The third kappa shape index (κ3) is 5.11. The van der Waals surface area contributed by atoms with Crippen LogP contribution in [0.2, 0.25) is 0 Å². The van der Waals surface area contributed by atoms with Crippen molar-refractivity contribution >= 4 is 21.6 Å². The highest BCUT2D eigenvalue weighted by atomic mass is 32.2. The highest BCUT2D eigenvalue weighted by Crippen LogP contribution is 2.26. The second-order valence-corrected chi connectivity index (χ2v) is 8.18. The molecule has 1 fully saturated rings. The van der Waals surface area contributed by atoms with Gasteiger partial charge < -0.3 is 19.1 Å². The molecule has 1 saturated heterocycles. The van der Waals surface area contributed by atoms with Crippen LogP contribution in [0.15, 0.2) is 60.0 Å². The second-order valence-electron chi connectivity index (χ2n) is 6.50. The number of amides is 1. The zero-order valence-electron chi connectivity index (χ0n) is 16.7. The van der Waals surface area contributed by atoms with Crippen molar-refractivity contribution in [2.24, 2.45) is 0 Å². The Balaban J connectivity index is 1.83. The van der Waals surface area contributed by atoms with Crippen molar-refractivity contribution in [3.63, 3.8) is 0 Å². The van der Waals surface area contributed by atoms with Crippen LogP contribution in [0.4, 0.5) is 5.69 Å². The van der Waals surface area contributed by atoms with Crippen LogP contribution in [0.3, 0.4) is 0 Å². The monoisotopic (exact) mass is 432 g/mol. The van der Waals surface area contributed by atoms with E-state index in [1.165, 1.54) is 25.3 Å². The van der Waals surface area contributed by atoms with E-state index in [1.807, 2.05) is 0 Å². The first kappa shape index (κ1) is 21.7. The summed E-state index contributed by atoms with van der Waals surface area (Å²) >= 11 is 0. The quantitative estimate of drug-likeness (QED) is 0.645. The molecule has 0 saturated carbocycles. The van der Waals surface area contributed by atoms with E-state index in [4.69, 9.17) is 14.2 Å². The molecule has 1 heterocycles. The van der Waals surface area contributed by atoms with Gasteiger partial charge >= 0.3 is 0 Å². The topological polar surface area (TPSA) is 94.2 Å². The summed E-state index contributed by atoms with van der Waals surface area (Å²) < 4.78 is 44.2. The van der Waals surface area contributed by atoms with Gasteiger partial charge in [0, 0.05) is 18.8 Å². The van der Waals surface area contributed by atoms with Crippen molar-refractivity contribution < 1.29 is 27.4 Å². The lowest BCUT2D eigenvalue weighted by Gasteiger charge is -2.27. The van der Waals surface area contributed by atoms with Crippen LogP contribution in [0, 0.1) is 0 Å². The largest absolute Gasteiger partial charge is 0.496 e. The van der Waals surface area contributed by atoms with Gasteiger partial charge in [-0.15, -0.1) is 0 Å². The Labute approximate surface area is 176 Å². The van der Waals surface area contributed by atoms with Gasteiger partial charge in [0.15, 0.2) is 0 Å². The lowest BCUT2D eigenvalue weighted by molar-refractivity contribution is 0.0300. The fourth-order valence-corrected chi connectivity index (χ4v) is 4.03. The van der Waals surface area contributed by atoms with Gasteiger partial charge in [-0.3, -0.25) is 9.52 Å². The number of nitrogens with one attached hydrogen (secondary N) is 1. The summed E-state index contributed by atoms with van der Waals surface area (Å²) in [6.07, 6.45) is 1.62. The Morgan fingerprint density at radius 2 is 1.90 bits per heavy atom. The fraction of sp³-hybridized carbons (Fsp3) is 0.286. The van der Waals surface area contributed by atoms with Crippen molar-refractivity contribution in [2.75, 3.05) is 44.7 Å². The number of hydrogen-bond donors (Lipinski definition) is 1. The highest BCUT2D eigenvalue weighted by Gasteiger charge is 2.24. The first-order chi connectivity index (χ1) is 14.4. The van der Waals surface area contributed by atoms with Gasteiger partial charge in [0.2, 0.25) is 0 Å². The molecule has 0 aromatic heterocycles. The Morgan fingerprint density at radius 1 is 1.20 bits per heavy atom. The number of nitrogens with zero attached hydrogens (tertiary/aromatic N) is 1. The summed E-state index contributed by atoms with van der Waals surface area (Å²) in [7, 11) is -2.47. The number of ether oxygens (including phenoxy) is 3. The Bertz CT molecular complexity index is 999. The molecular weight excluding hydrogens is 408 g/mol. The number of methoxy groups -OCH3 is 1. The average molecular weight is 432 g/mol. The molecule has 0 atom stereocenters. The van der Waals surface area contributed by atoms with E-state index in [9.17, 15) is 13.2 Å². The fourth-order valence-electron chi connectivity index (χ4n) is 2.95. The number of benzene rings is 2. The minimum absolute atomic E-state index is 0.0353. The van der Waals surface area contributed by atoms with E-state index in [0.717, 1.165) is 0 Å². The van der Waals surface area contributed by atoms with E-state index in [2.05, 4.69) is 11.3 Å². The zero-order chi connectivity index (χ0) is 21.6.